The van der Waals surface area contributed by atoms with E-state index in [4.69, 9.17) is 18.6 Å². The summed E-state index contributed by atoms with van der Waals surface area (Å²) >= 11 is 0. The lowest BCUT2D eigenvalue weighted by atomic mass is 9.80. The van der Waals surface area contributed by atoms with Gasteiger partial charge in [0.2, 0.25) is 0 Å². The fourth-order valence-electron chi connectivity index (χ4n) is 8.31. The van der Waals surface area contributed by atoms with Crippen LogP contribution in [0.1, 0.15) is 71.6 Å². The van der Waals surface area contributed by atoms with Crippen LogP contribution in [0.15, 0.2) is 152 Å². The summed E-state index contributed by atoms with van der Waals surface area (Å²) in [6.45, 7) is 16.7. The van der Waals surface area contributed by atoms with Gasteiger partial charge >= 0.3 is 0 Å². The third-order valence-corrected chi connectivity index (χ3v) is 15.8. The van der Waals surface area contributed by atoms with E-state index in [1.807, 2.05) is 13.8 Å². The maximum absolute atomic E-state index is 7.40. The van der Waals surface area contributed by atoms with E-state index in [1.54, 1.807) is 0 Å². The zero-order valence-corrected chi connectivity index (χ0v) is 33.0. The van der Waals surface area contributed by atoms with E-state index in [2.05, 4.69) is 186 Å². The molecular weight excluding hydrogens is 657 g/mol. The molecule has 1 saturated heterocycles. The van der Waals surface area contributed by atoms with Gasteiger partial charge in [-0.2, -0.15) is 0 Å². The first kappa shape index (κ1) is 37.9. The summed E-state index contributed by atoms with van der Waals surface area (Å²) in [5.74, 6) is -0.502. The normalized spacial score (nSPS) is 19.9. The number of rotatable bonds is 13. The third-order valence-electron chi connectivity index (χ3n) is 10.8. The Morgan fingerprint density at radius 2 is 1.04 bits per heavy atom. The first-order valence-electron chi connectivity index (χ1n) is 18.9. The Bertz CT molecular complexity index is 1670. The van der Waals surface area contributed by atoms with Crippen molar-refractivity contribution in [2.45, 2.75) is 83.5 Å². The van der Waals surface area contributed by atoms with Crippen LogP contribution < -0.4 is 10.4 Å². The quantitative estimate of drug-likeness (QED) is 0.0900. The van der Waals surface area contributed by atoms with E-state index >= 15 is 0 Å². The second-order valence-corrected chi connectivity index (χ2v) is 20.2. The Morgan fingerprint density at radius 3 is 1.44 bits per heavy atom. The van der Waals surface area contributed by atoms with Gasteiger partial charge in [-0.05, 0) is 52.4 Å². The molecule has 0 aromatic heterocycles. The minimum absolute atomic E-state index is 0.0610. The van der Waals surface area contributed by atoms with Crippen LogP contribution in [0.4, 0.5) is 0 Å². The van der Waals surface area contributed by atoms with Gasteiger partial charge in [0.15, 0.2) is 5.79 Å². The van der Waals surface area contributed by atoms with Crippen LogP contribution >= 0.6 is 0 Å². The molecule has 0 aliphatic carbocycles. The van der Waals surface area contributed by atoms with Gasteiger partial charge in [-0.25, -0.2) is 0 Å². The molecule has 0 spiro atoms. The Morgan fingerprint density at radius 1 is 0.635 bits per heavy atom. The van der Waals surface area contributed by atoms with Crippen molar-refractivity contribution in [2.24, 2.45) is 11.8 Å². The van der Waals surface area contributed by atoms with E-state index in [-0.39, 0.29) is 29.1 Å². The molecule has 4 atom stereocenters. The molecule has 5 aromatic carbocycles. The molecule has 52 heavy (non-hydrogen) atoms. The van der Waals surface area contributed by atoms with Crippen LogP contribution in [0.25, 0.3) is 0 Å². The van der Waals surface area contributed by atoms with Crippen molar-refractivity contribution in [2.75, 3.05) is 13.2 Å². The topological polar surface area (TPSA) is 36.9 Å². The average molecular weight is 713 g/mol. The van der Waals surface area contributed by atoms with Crippen LogP contribution in [0.5, 0.6) is 0 Å². The van der Waals surface area contributed by atoms with Gasteiger partial charge in [-0.1, -0.05) is 186 Å². The molecule has 0 radical (unpaired) electrons. The highest BCUT2D eigenvalue weighted by molar-refractivity contribution is 6.99. The van der Waals surface area contributed by atoms with E-state index in [9.17, 15) is 0 Å². The number of ether oxygens (including phenoxy) is 3. The smallest absolute Gasteiger partial charge is 0.261 e. The average Bonchev–Trinajstić information content (AvgIpc) is 3.16. The minimum Gasteiger partial charge on any atom is -0.407 e. The summed E-state index contributed by atoms with van der Waals surface area (Å²) in [6.07, 6.45) is 0.597. The second kappa shape index (κ2) is 16.0. The van der Waals surface area contributed by atoms with Crippen molar-refractivity contribution in [3.8, 4) is 0 Å². The molecule has 5 heteroatoms. The van der Waals surface area contributed by atoms with Gasteiger partial charge in [0.25, 0.3) is 8.32 Å². The summed E-state index contributed by atoms with van der Waals surface area (Å²) < 4.78 is 28.1. The lowest BCUT2D eigenvalue weighted by molar-refractivity contribution is -0.329. The summed E-state index contributed by atoms with van der Waals surface area (Å²) in [4.78, 5) is 0. The molecule has 5 aromatic rings. The maximum atomic E-state index is 7.40. The zero-order chi connectivity index (χ0) is 36.8. The largest absolute Gasteiger partial charge is 0.407 e. The number of hydrogen-bond acceptors (Lipinski definition) is 4. The van der Waals surface area contributed by atoms with Crippen molar-refractivity contribution >= 4 is 18.7 Å². The first-order valence-corrected chi connectivity index (χ1v) is 20.8. The molecular formula is C47H56O4Si. The molecule has 0 saturated carbocycles. The third kappa shape index (κ3) is 7.76. The Labute approximate surface area is 313 Å². The molecule has 1 heterocycles. The van der Waals surface area contributed by atoms with Gasteiger partial charge in [0.1, 0.15) is 5.60 Å². The summed E-state index contributed by atoms with van der Waals surface area (Å²) in [6, 6.07) is 53.5. The molecule has 0 N–H and O–H groups in total. The predicted octanol–water partition coefficient (Wildman–Crippen LogP) is 9.75. The summed E-state index contributed by atoms with van der Waals surface area (Å²) in [5, 5.41) is 2.48. The monoisotopic (exact) mass is 712 g/mol. The Balaban J connectivity index is 1.25. The van der Waals surface area contributed by atoms with Gasteiger partial charge in [0, 0.05) is 18.4 Å². The predicted molar refractivity (Wildman–Crippen MR) is 216 cm³/mol. The maximum Gasteiger partial charge on any atom is 0.261 e. The van der Waals surface area contributed by atoms with E-state index in [0.29, 0.717) is 13.2 Å². The minimum atomic E-state index is -2.70. The van der Waals surface area contributed by atoms with Gasteiger partial charge in [-0.3, -0.25) is 0 Å². The second-order valence-electron chi connectivity index (χ2n) is 15.9. The number of hydrogen-bond donors (Lipinski definition) is 0. The lowest BCUT2D eigenvalue weighted by Gasteiger charge is -2.48. The Hall–Kier alpha value is -3.84. The molecule has 1 aliphatic rings. The molecule has 1 aliphatic heterocycles. The molecule has 0 bridgehead atoms. The van der Waals surface area contributed by atoms with E-state index < -0.39 is 19.7 Å². The van der Waals surface area contributed by atoms with Crippen molar-refractivity contribution < 1.29 is 18.6 Å². The Kier molecular flexibility index (Phi) is 11.7. The summed E-state index contributed by atoms with van der Waals surface area (Å²) in [5.41, 5.74) is 2.52. The molecule has 6 rings (SSSR count). The van der Waals surface area contributed by atoms with Crippen LogP contribution in [-0.4, -0.2) is 39.5 Å². The first-order chi connectivity index (χ1) is 25.0. The van der Waals surface area contributed by atoms with E-state index in [1.165, 1.54) is 10.4 Å². The van der Waals surface area contributed by atoms with Gasteiger partial charge < -0.3 is 18.6 Å². The van der Waals surface area contributed by atoms with Crippen LogP contribution in [0.3, 0.4) is 0 Å². The molecule has 0 amide bonds. The molecule has 272 valence electrons. The lowest BCUT2D eigenvalue weighted by Crippen LogP contribution is -2.67. The fourth-order valence-corrected chi connectivity index (χ4v) is 13.0. The highest BCUT2D eigenvalue weighted by Gasteiger charge is 2.51. The van der Waals surface area contributed by atoms with Gasteiger partial charge in [0.05, 0.1) is 18.8 Å². The van der Waals surface area contributed by atoms with Gasteiger partial charge in [-0.15, -0.1) is 0 Å². The fraction of sp³-hybridized carbons (Fsp3) is 0.362. The van der Waals surface area contributed by atoms with E-state index in [0.717, 1.165) is 23.1 Å². The van der Waals surface area contributed by atoms with Crippen LogP contribution in [0, 0.1) is 11.8 Å². The molecule has 4 nitrogen and oxygen atoms in total. The highest BCUT2D eigenvalue weighted by atomic mass is 28.4. The highest BCUT2D eigenvalue weighted by Crippen LogP contribution is 2.43. The van der Waals surface area contributed by atoms with Crippen LogP contribution in [-0.2, 0) is 24.2 Å². The van der Waals surface area contributed by atoms with Crippen molar-refractivity contribution in [1.82, 2.24) is 0 Å². The van der Waals surface area contributed by atoms with Crippen molar-refractivity contribution in [3.05, 3.63) is 168 Å². The number of benzene rings is 5. The molecule has 1 fully saturated rings. The van der Waals surface area contributed by atoms with Crippen molar-refractivity contribution in [1.29, 1.82) is 0 Å². The zero-order valence-electron chi connectivity index (χ0n) is 32.0. The van der Waals surface area contributed by atoms with Crippen molar-refractivity contribution in [3.63, 3.8) is 0 Å². The SMILES string of the molecule is C[C@H]1[C@H]([C@H](C)CO[Si](c2ccccc2)(c2ccccc2)C(C)(C)C)OC(C)(C)O[C@H]1CCOC(c1ccccc1)(c1ccccc1)c1ccccc1. The summed E-state index contributed by atoms with van der Waals surface area (Å²) in [7, 11) is -2.70. The molecule has 0 unspecified atom stereocenters. The standard InChI is InChI=1S/C47H56O4Si/c1-36(35-49-52(45(3,4)5,41-29-19-11-20-30-41)42-31-21-12-22-32-42)44-37(2)43(50-46(6,7)51-44)33-34-48-47(38-23-13-8-14-24-38,39-25-15-9-16-26-39)40-27-17-10-18-28-40/h8-32,36-37,43-44H,33-35H2,1-7H3/t36-,37-,43+,44+/m1/s1. The van der Waals surface area contributed by atoms with Crippen LogP contribution in [0.2, 0.25) is 5.04 Å².